The van der Waals surface area contributed by atoms with Crippen molar-refractivity contribution in [1.29, 1.82) is 0 Å². The van der Waals surface area contributed by atoms with Gasteiger partial charge in [0.2, 0.25) is 0 Å². The smallest absolute Gasteiger partial charge is 0.335 e. The van der Waals surface area contributed by atoms with Gasteiger partial charge < -0.3 is 14.2 Å². The fourth-order valence-corrected chi connectivity index (χ4v) is 1.10. The van der Waals surface area contributed by atoms with Crippen LogP contribution in [0.15, 0.2) is 12.2 Å². The van der Waals surface area contributed by atoms with Crippen molar-refractivity contribution in [2.24, 2.45) is 0 Å². The summed E-state index contributed by atoms with van der Waals surface area (Å²) in [6, 6.07) is 0. The van der Waals surface area contributed by atoms with E-state index in [2.05, 4.69) is 20.4 Å². The van der Waals surface area contributed by atoms with Crippen LogP contribution in [0.25, 0.3) is 0 Å². The Morgan fingerprint density at radius 2 is 1.94 bits per heavy atom. The van der Waals surface area contributed by atoms with Gasteiger partial charge in [-0.2, -0.15) is 0 Å². The summed E-state index contributed by atoms with van der Waals surface area (Å²) in [7, 11) is 0. The Morgan fingerprint density at radius 1 is 1.24 bits per heavy atom. The zero-order valence-electron chi connectivity index (χ0n) is 11.2. The van der Waals surface area contributed by atoms with Crippen LogP contribution in [-0.2, 0) is 19.0 Å². The van der Waals surface area contributed by atoms with Gasteiger partial charge in [0.05, 0.1) is 0 Å². The lowest BCUT2D eigenvalue weighted by atomic mass is 10.3. The van der Waals surface area contributed by atoms with Gasteiger partial charge in [-0.05, 0) is 19.8 Å². The molecule has 0 heterocycles. The van der Waals surface area contributed by atoms with E-state index < -0.39 is 5.97 Å². The Bertz CT molecular complexity index is 225. The average molecular weight is 244 g/mol. The predicted octanol–water partition coefficient (Wildman–Crippen LogP) is 3.02. The zero-order valence-corrected chi connectivity index (χ0v) is 11.2. The van der Waals surface area contributed by atoms with Crippen molar-refractivity contribution in [3.63, 3.8) is 0 Å². The summed E-state index contributed by atoms with van der Waals surface area (Å²) in [5.41, 5.74) is 0.368. The Labute approximate surface area is 104 Å². The van der Waals surface area contributed by atoms with Crippen LogP contribution in [0, 0.1) is 0 Å². The maximum atomic E-state index is 11.1. The number of hydrogen-bond acceptors (Lipinski definition) is 4. The first-order valence-electron chi connectivity index (χ1n) is 6.17. The molecule has 17 heavy (non-hydrogen) atoms. The van der Waals surface area contributed by atoms with Crippen LogP contribution in [-0.4, -0.2) is 25.7 Å². The first kappa shape index (κ1) is 16.1. The van der Waals surface area contributed by atoms with Gasteiger partial charge in [0.25, 0.3) is 0 Å². The molecular formula is C13H24O4. The molecule has 4 nitrogen and oxygen atoms in total. The van der Waals surface area contributed by atoms with Crippen molar-refractivity contribution in [1.82, 2.24) is 0 Å². The second-order valence-corrected chi connectivity index (χ2v) is 3.94. The van der Waals surface area contributed by atoms with Gasteiger partial charge in [-0.15, -0.1) is 0 Å². The van der Waals surface area contributed by atoms with Crippen LogP contribution in [0.1, 0.15) is 46.5 Å². The van der Waals surface area contributed by atoms with Crippen molar-refractivity contribution in [2.45, 2.75) is 52.7 Å². The molecule has 0 saturated carbocycles. The Hall–Kier alpha value is -0.870. The van der Waals surface area contributed by atoms with Gasteiger partial charge in [0.15, 0.2) is 13.1 Å². The second kappa shape index (κ2) is 10.3. The third kappa shape index (κ3) is 8.89. The summed E-state index contributed by atoms with van der Waals surface area (Å²) in [6.07, 6.45) is 3.57. The highest BCUT2D eigenvalue weighted by molar-refractivity contribution is 5.86. The number of ether oxygens (including phenoxy) is 3. The van der Waals surface area contributed by atoms with Crippen LogP contribution in [0.5, 0.6) is 0 Å². The lowest BCUT2D eigenvalue weighted by molar-refractivity contribution is -0.199. The molecule has 1 unspecified atom stereocenters. The molecule has 0 aromatic rings. The van der Waals surface area contributed by atoms with E-state index in [0.29, 0.717) is 12.2 Å². The van der Waals surface area contributed by atoms with Crippen molar-refractivity contribution >= 4 is 5.97 Å². The average Bonchev–Trinajstić information content (AvgIpc) is 2.29. The number of rotatable bonds is 10. The molecule has 0 fully saturated rings. The van der Waals surface area contributed by atoms with Gasteiger partial charge in [0, 0.05) is 12.2 Å². The molecule has 0 N–H and O–H groups in total. The van der Waals surface area contributed by atoms with Crippen LogP contribution < -0.4 is 0 Å². The Morgan fingerprint density at radius 3 is 2.47 bits per heavy atom. The molecule has 1 atom stereocenters. The lowest BCUT2D eigenvalue weighted by Crippen LogP contribution is -2.21. The van der Waals surface area contributed by atoms with Crippen LogP contribution in [0.3, 0.4) is 0 Å². The van der Waals surface area contributed by atoms with Crippen molar-refractivity contribution in [3.8, 4) is 0 Å². The van der Waals surface area contributed by atoms with Gasteiger partial charge in [0.1, 0.15) is 0 Å². The molecule has 0 saturated heterocycles. The minimum atomic E-state index is -0.436. The summed E-state index contributed by atoms with van der Waals surface area (Å²) in [5, 5.41) is 0. The van der Waals surface area contributed by atoms with E-state index in [-0.39, 0.29) is 13.1 Å². The standard InChI is InChI=1S/C13H24O4/c1-5-7-9-15-12(8-6-2)16-10-17-13(14)11(3)4/h12H,3,5-10H2,1-2,4H3. The molecule has 0 aromatic heterocycles. The summed E-state index contributed by atoms with van der Waals surface area (Å²) in [5.74, 6) is -0.436. The minimum Gasteiger partial charge on any atom is -0.435 e. The van der Waals surface area contributed by atoms with Gasteiger partial charge in [-0.25, -0.2) is 4.79 Å². The van der Waals surface area contributed by atoms with E-state index in [1.807, 2.05) is 0 Å². The van der Waals surface area contributed by atoms with E-state index >= 15 is 0 Å². The Balaban J connectivity index is 3.75. The van der Waals surface area contributed by atoms with E-state index in [9.17, 15) is 4.79 Å². The second-order valence-electron chi connectivity index (χ2n) is 3.94. The van der Waals surface area contributed by atoms with Crippen LogP contribution >= 0.6 is 0 Å². The molecule has 0 aliphatic carbocycles. The van der Waals surface area contributed by atoms with E-state index in [4.69, 9.17) is 14.2 Å². The van der Waals surface area contributed by atoms with Gasteiger partial charge in [-0.1, -0.05) is 33.3 Å². The zero-order chi connectivity index (χ0) is 13.1. The molecule has 100 valence electrons. The van der Waals surface area contributed by atoms with Crippen LogP contribution in [0.4, 0.5) is 0 Å². The SMILES string of the molecule is C=C(C)C(=O)OCOC(CCC)OCCCC. The molecular weight excluding hydrogens is 220 g/mol. The van der Waals surface area contributed by atoms with Crippen molar-refractivity contribution < 1.29 is 19.0 Å². The summed E-state index contributed by atoms with van der Waals surface area (Å²) < 4.78 is 15.7. The largest absolute Gasteiger partial charge is 0.435 e. The molecule has 0 spiro atoms. The summed E-state index contributed by atoms with van der Waals surface area (Å²) in [4.78, 5) is 11.1. The lowest BCUT2D eigenvalue weighted by Gasteiger charge is -2.17. The summed E-state index contributed by atoms with van der Waals surface area (Å²) >= 11 is 0. The number of carbonyl (C=O) groups is 1. The molecule has 0 amide bonds. The summed E-state index contributed by atoms with van der Waals surface area (Å²) in [6.45, 7) is 9.84. The maximum Gasteiger partial charge on any atom is 0.335 e. The third-order valence-electron chi connectivity index (χ3n) is 2.12. The molecule has 0 aromatic carbocycles. The number of esters is 1. The monoisotopic (exact) mass is 244 g/mol. The van der Waals surface area contributed by atoms with Gasteiger partial charge >= 0.3 is 5.97 Å². The van der Waals surface area contributed by atoms with Crippen molar-refractivity contribution in [3.05, 3.63) is 12.2 Å². The van der Waals surface area contributed by atoms with Gasteiger partial charge in [-0.3, -0.25) is 0 Å². The number of carbonyl (C=O) groups excluding carboxylic acids is 1. The van der Waals surface area contributed by atoms with E-state index in [0.717, 1.165) is 25.7 Å². The fourth-order valence-electron chi connectivity index (χ4n) is 1.10. The molecule has 0 bridgehead atoms. The highest BCUT2D eigenvalue weighted by atomic mass is 16.8. The predicted molar refractivity (Wildman–Crippen MR) is 66.4 cm³/mol. The van der Waals surface area contributed by atoms with E-state index in [1.165, 1.54) is 0 Å². The quantitative estimate of drug-likeness (QED) is 0.256. The number of unbranched alkanes of at least 4 members (excludes halogenated alkanes) is 1. The third-order valence-corrected chi connectivity index (χ3v) is 2.12. The number of hydrogen-bond donors (Lipinski definition) is 0. The molecule has 0 radical (unpaired) electrons. The fraction of sp³-hybridized carbons (Fsp3) is 0.769. The van der Waals surface area contributed by atoms with Crippen molar-refractivity contribution in [2.75, 3.05) is 13.4 Å². The normalized spacial score (nSPS) is 12.2. The first-order chi connectivity index (χ1) is 8.11. The van der Waals surface area contributed by atoms with Crippen LogP contribution in [0.2, 0.25) is 0 Å². The minimum absolute atomic E-state index is 0.0809. The maximum absolute atomic E-state index is 11.1. The molecule has 0 aliphatic rings. The first-order valence-corrected chi connectivity index (χ1v) is 6.17. The molecule has 4 heteroatoms. The topological polar surface area (TPSA) is 44.8 Å². The highest BCUT2D eigenvalue weighted by Gasteiger charge is 2.10. The highest BCUT2D eigenvalue weighted by Crippen LogP contribution is 2.06. The Kier molecular flexibility index (Phi) is 9.77. The van der Waals surface area contributed by atoms with E-state index in [1.54, 1.807) is 6.92 Å². The molecule has 0 rings (SSSR count). The molecule has 0 aliphatic heterocycles.